The van der Waals surface area contributed by atoms with Crippen molar-refractivity contribution in [2.24, 2.45) is 5.92 Å². The minimum atomic E-state index is -3.60. The van der Waals surface area contributed by atoms with Crippen LogP contribution < -0.4 is 5.32 Å². The van der Waals surface area contributed by atoms with Crippen LogP contribution in [-0.2, 0) is 32.4 Å². The van der Waals surface area contributed by atoms with Gasteiger partial charge in [-0.2, -0.15) is 0 Å². The van der Waals surface area contributed by atoms with Crippen LogP contribution in [-0.4, -0.2) is 78.4 Å². The third kappa shape index (κ3) is 10.8. The second kappa shape index (κ2) is 14.0. The maximum absolute atomic E-state index is 13.3. The molecule has 1 heterocycles. The molecule has 1 fully saturated rings. The molecule has 10 heteroatoms. The van der Waals surface area contributed by atoms with Crippen LogP contribution in [0.5, 0.6) is 0 Å². The van der Waals surface area contributed by atoms with Crippen molar-refractivity contribution in [1.82, 2.24) is 10.2 Å². The number of alkyl carbamates (subject to hydrolysis) is 1. The lowest BCUT2D eigenvalue weighted by molar-refractivity contribution is -0.137. The van der Waals surface area contributed by atoms with E-state index in [4.69, 9.17) is 9.84 Å². The molecular weight excluding hydrogens is 544 g/mol. The molecule has 0 saturated carbocycles. The first-order chi connectivity index (χ1) is 19.2. The molecule has 41 heavy (non-hydrogen) atoms. The van der Waals surface area contributed by atoms with Crippen LogP contribution in [0.15, 0.2) is 48.5 Å². The fraction of sp³-hybridized carbons (Fsp3) is 0.484. The van der Waals surface area contributed by atoms with Crippen LogP contribution in [0.3, 0.4) is 0 Å². The van der Waals surface area contributed by atoms with Crippen molar-refractivity contribution in [2.45, 2.75) is 64.4 Å². The van der Waals surface area contributed by atoms with E-state index in [1.807, 2.05) is 36.4 Å². The molecule has 0 radical (unpaired) electrons. The van der Waals surface area contributed by atoms with Gasteiger partial charge in [-0.25, -0.2) is 13.2 Å². The van der Waals surface area contributed by atoms with E-state index in [1.54, 1.807) is 25.7 Å². The first kappa shape index (κ1) is 32.1. The molecule has 9 nitrogen and oxygen atoms in total. The van der Waals surface area contributed by atoms with Crippen molar-refractivity contribution >= 4 is 21.8 Å². The molecule has 0 bridgehead atoms. The van der Waals surface area contributed by atoms with Crippen LogP contribution in [0, 0.1) is 17.8 Å². The van der Waals surface area contributed by atoms with Crippen LogP contribution in [0.4, 0.5) is 4.79 Å². The quantitative estimate of drug-likeness (QED) is 0.407. The Hall–Kier alpha value is -3.39. The molecule has 2 amide bonds. The van der Waals surface area contributed by atoms with Gasteiger partial charge in [0.15, 0.2) is 0 Å². The molecule has 3 rings (SSSR count). The zero-order valence-electron chi connectivity index (χ0n) is 24.1. The summed E-state index contributed by atoms with van der Waals surface area (Å²) in [5.74, 6) is 5.44. The number of hydrogen-bond acceptors (Lipinski definition) is 7. The number of amides is 2. The highest BCUT2D eigenvalue weighted by Crippen LogP contribution is 2.23. The van der Waals surface area contributed by atoms with Crippen molar-refractivity contribution < 1.29 is 33.0 Å². The fourth-order valence-electron chi connectivity index (χ4n) is 4.61. The number of aliphatic hydroxyl groups excluding tert-OH is 2. The summed E-state index contributed by atoms with van der Waals surface area (Å²) in [7, 11) is -3.60. The lowest BCUT2D eigenvalue weighted by Gasteiger charge is -2.35. The lowest BCUT2D eigenvalue weighted by atomic mass is 9.89. The average Bonchev–Trinajstić information content (AvgIpc) is 2.90. The Balaban J connectivity index is 1.57. The third-order valence-electron chi connectivity index (χ3n) is 6.69. The van der Waals surface area contributed by atoms with Gasteiger partial charge in [-0.15, -0.1) is 0 Å². The summed E-state index contributed by atoms with van der Waals surface area (Å²) in [5.41, 5.74) is 2.96. The molecule has 222 valence electrons. The van der Waals surface area contributed by atoms with Gasteiger partial charge < -0.3 is 25.2 Å². The zero-order chi connectivity index (χ0) is 30.2. The zero-order valence-corrected chi connectivity index (χ0v) is 24.9. The summed E-state index contributed by atoms with van der Waals surface area (Å²) in [4.78, 5) is 27.2. The van der Waals surface area contributed by atoms with Gasteiger partial charge in [-0.05, 0) is 81.3 Å². The second-order valence-corrected chi connectivity index (χ2v) is 13.7. The van der Waals surface area contributed by atoms with E-state index < -0.39 is 45.3 Å². The number of rotatable bonds is 8. The second-order valence-electron chi connectivity index (χ2n) is 11.6. The number of carbonyl (C=O) groups excluding carboxylic acids is 2. The maximum Gasteiger partial charge on any atom is 0.408 e. The van der Waals surface area contributed by atoms with E-state index in [-0.39, 0.29) is 6.61 Å². The number of piperidine rings is 1. The van der Waals surface area contributed by atoms with Gasteiger partial charge in [0, 0.05) is 30.5 Å². The smallest absolute Gasteiger partial charge is 0.408 e. The van der Waals surface area contributed by atoms with Gasteiger partial charge in [0.1, 0.15) is 21.5 Å². The molecule has 2 aromatic carbocycles. The van der Waals surface area contributed by atoms with E-state index in [0.29, 0.717) is 19.0 Å². The highest BCUT2D eigenvalue weighted by Gasteiger charge is 2.36. The summed E-state index contributed by atoms with van der Waals surface area (Å²) in [6, 6.07) is 14.1. The standard InChI is InChI=1S/C31H40N2O7S/c1-31(2,3)40-30(37)32-28(27(35)21-41(4,38)39)29(36)33-17-15-25(16-18-33)19-24-11-7-22(8-12-24)5-6-23-9-13-26(20-34)14-10-23/h7-14,25,27-28,34-35H,15-21H2,1-4H3,(H,32,37). The lowest BCUT2D eigenvalue weighted by Crippen LogP contribution is -2.57. The van der Waals surface area contributed by atoms with Gasteiger partial charge in [-0.3, -0.25) is 4.79 Å². The van der Waals surface area contributed by atoms with Crippen molar-refractivity contribution in [3.8, 4) is 11.8 Å². The molecule has 0 aliphatic carbocycles. The number of carbonyl (C=O) groups is 2. The number of ether oxygens (including phenoxy) is 1. The Morgan fingerprint density at radius 3 is 1.98 bits per heavy atom. The largest absolute Gasteiger partial charge is 0.444 e. The minimum absolute atomic E-state index is 0.00480. The summed E-state index contributed by atoms with van der Waals surface area (Å²) >= 11 is 0. The molecule has 2 aromatic rings. The van der Waals surface area contributed by atoms with Crippen LogP contribution in [0.25, 0.3) is 0 Å². The highest BCUT2D eigenvalue weighted by atomic mass is 32.2. The average molecular weight is 585 g/mol. The van der Waals surface area contributed by atoms with Crippen LogP contribution in [0.2, 0.25) is 0 Å². The number of nitrogens with zero attached hydrogens (tertiary/aromatic N) is 1. The predicted octanol–water partition coefficient (Wildman–Crippen LogP) is 2.66. The van der Waals surface area contributed by atoms with Crippen molar-refractivity contribution in [3.05, 3.63) is 70.8 Å². The SMILES string of the molecule is CC(C)(C)OC(=O)NC(C(=O)N1CCC(Cc2ccc(C#Cc3ccc(CO)cc3)cc2)CC1)C(O)CS(C)(=O)=O. The van der Waals surface area contributed by atoms with E-state index >= 15 is 0 Å². The molecule has 2 atom stereocenters. The molecule has 3 N–H and O–H groups in total. The highest BCUT2D eigenvalue weighted by molar-refractivity contribution is 7.90. The van der Waals surface area contributed by atoms with Gasteiger partial charge in [0.25, 0.3) is 0 Å². The Labute approximate surface area is 242 Å². The molecule has 0 aromatic heterocycles. The van der Waals surface area contributed by atoms with E-state index in [9.17, 15) is 23.1 Å². The van der Waals surface area contributed by atoms with Gasteiger partial charge in [0.2, 0.25) is 5.91 Å². The molecule has 1 saturated heterocycles. The summed E-state index contributed by atoms with van der Waals surface area (Å²) in [6.07, 6.45) is 0.772. The Morgan fingerprint density at radius 1 is 1.00 bits per heavy atom. The number of hydrogen-bond donors (Lipinski definition) is 3. The monoisotopic (exact) mass is 584 g/mol. The van der Waals surface area contributed by atoms with Crippen molar-refractivity contribution in [1.29, 1.82) is 0 Å². The van der Waals surface area contributed by atoms with E-state index in [1.165, 1.54) is 5.56 Å². The van der Waals surface area contributed by atoms with Crippen LogP contribution in [0.1, 0.15) is 55.9 Å². The molecule has 1 aliphatic rings. The van der Waals surface area contributed by atoms with Crippen molar-refractivity contribution in [3.63, 3.8) is 0 Å². The summed E-state index contributed by atoms with van der Waals surface area (Å²) < 4.78 is 28.8. The fourth-order valence-corrected chi connectivity index (χ4v) is 5.43. The number of aliphatic hydroxyl groups is 2. The molecular formula is C31H40N2O7S. The van der Waals surface area contributed by atoms with Gasteiger partial charge in [-0.1, -0.05) is 36.1 Å². The number of nitrogens with one attached hydrogen (secondary N) is 1. The molecule has 0 spiro atoms. The first-order valence-electron chi connectivity index (χ1n) is 13.7. The number of benzene rings is 2. The summed E-state index contributed by atoms with van der Waals surface area (Å²) in [6.45, 7) is 5.87. The summed E-state index contributed by atoms with van der Waals surface area (Å²) in [5, 5.41) is 22.1. The normalized spacial score (nSPS) is 15.8. The van der Waals surface area contributed by atoms with Gasteiger partial charge in [0.05, 0.1) is 18.5 Å². The third-order valence-corrected chi connectivity index (χ3v) is 7.64. The number of sulfone groups is 1. The molecule has 2 unspecified atom stereocenters. The Morgan fingerprint density at radius 2 is 1.51 bits per heavy atom. The molecule has 1 aliphatic heterocycles. The predicted molar refractivity (Wildman–Crippen MR) is 157 cm³/mol. The van der Waals surface area contributed by atoms with Gasteiger partial charge >= 0.3 is 6.09 Å². The van der Waals surface area contributed by atoms with Crippen LogP contribution >= 0.6 is 0 Å². The van der Waals surface area contributed by atoms with E-state index in [2.05, 4.69) is 29.3 Å². The Bertz CT molecular complexity index is 1350. The maximum atomic E-state index is 13.3. The van der Waals surface area contributed by atoms with Crippen molar-refractivity contribution in [2.75, 3.05) is 25.1 Å². The first-order valence-corrected chi connectivity index (χ1v) is 15.7. The number of likely N-dealkylation sites (tertiary alicyclic amines) is 1. The topological polar surface area (TPSA) is 133 Å². The Kier molecular flexibility index (Phi) is 11.0. The van der Waals surface area contributed by atoms with E-state index in [0.717, 1.165) is 42.2 Å². The minimum Gasteiger partial charge on any atom is -0.444 e.